The fraction of sp³-hybridized carbons (Fsp3) is 0.579. The number of H-pyrrole nitrogens is 1. The molecule has 0 radical (unpaired) electrons. The van der Waals surface area contributed by atoms with Crippen molar-refractivity contribution in [3.8, 4) is 0 Å². The molecule has 1 aliphatic rings. The Kier molecular flexibility index (Phi) is 5.91. The summed E-state index contributed by atoms with van der Waals surface area (Å²) >= 11 is 0. The Balaban J connectivity index is 1.38. The lowest BCUT2D eigenvalue weighted by Gasteiger charge is -2.31. The molecule has 0 spiro atoms. The molecule has 2 amide bonds. The fourth-order valence-corrected chi connectivity index (χ4v) is 3.55. The molecule has 3 N–H and O–H groups in total. The number of benzene rings is 1. The summed E-state index contributed by atoms with van der Waals surface area (Å²) < 4.78 is 0. The van der Waals surface area contributed by atoms with E-state index in [2.05, 4.69) is 15.3 Å². The Labute approximate surface area is 148 Å². The number of aromatic nitrogens is 2. The molecular weight excluding hydrogens is 316 g/mol. The monoisotopic (exact) mass is 344 g/mol. The number of para-hydroxylation sites is 2. The zero-order chi connectivity index (χ0) is 17.6. The number of aliphatic hydroxyl groups excluding tert-OH is 1. The number of hydrogen-bond acceptors (Lipinski definition) is 3. The minimum absolute atomic E-state index is 0.0672. The largest absolute Gasteiger partial charge is 0.393 e. The average molecular weight is 344 g/mol. The van der Waals surface area contributed by atoms with E-state index in [0.29, 0.717) is 13.1 Å². The third-order valence-corrected chi connectivity index (χ3v) is 5.03. The number of carbonyl (C=O) groups is 1. The van der Waals surface area contributed by atoms with Gasteiger partial charge in [-0.1, -0.05) is 25.0 Å². The second-order valence-electron chi connectivity index (χ2n) is 7.03. The van der Waals surface area contributed by atoms with Crippen molar-refractivity contribution in [1.82, 2.24) is 20.2 Å². The number of nitrogens with zero attached hydrogens (tertiary/aromatic N) is 2. The van der Waals surface area contributed by atoms with E-state index in [4.69, 9.17) is 0 Å². The highest BCUT2D eigenvalue weighted by Gasteiger charge is 2.25. The SMILES string of the molecule is CN(C[C@H]1CCCC[C@H]1O)C(=O)NCCCc1nc2ccccc2[nH]1. The molecule has 3 rings (SSSR count). The zero-order valence-electron chi connectivity index (χ0n) is 14.9. The third-order valence-electron chi connectivity index (χ3n) is 5.03. The molecule has 0 unspecified atom stereocenters. The lowest BCUT2D eigenvalue weighted by Crippen LogP contribution is -2.43. The molecule has 25 heavy (non-hydrogen) atoms. The van der Waals surface area contributed by atoms with Gasteiger partial charge in [0.1, 0.15) is 5.82 Å². The average Bonchev–Trinajstić information content (AvgIpc) is 3.03. The van der Waals surface area contributed by atoms with Crippen molar-refractivity contribution in [1.29, 1.82) is 0 Å². The van der Waals surface area contributed by atoms with Gasteiger partial charge in [-0.3, -0.25) is 0 Å². The number of aromatic amines is 1. The number of amides is 2. The number of hydrogen-bond donors (Lipinski definition) is 3. The standard InChI is InChI=1S/C19H28N4O2/c1-23(13-14-7-2-5-10-17(14)24)19(25)20-12-6-11-18-21-15-8-3-4-9-16(15)22-18/h3-4,8-9,14,17,24H,2,5-7,10-13H2,1H3,(H,20,25)(H,21,22)/t14-,17-/m1/s1. The minimum atomic E-state index is -0.267. The number of urea groups is 1. The van der Waals surface area contributed by atoms with Crippen molar-refractivity contribution in [2.45, 2.75) is 44.6 Å². The molecule has 6 nitrogen and oxygen atoms in total. The Morgan fingerprint density at radius 2 is 2.16 bits per heavy atom. The molecule has 136 valence electrons. The Hall–Kier alpha value is -2.08. The summed E-state index contributed by atoms with van der Waals surface area (Å²) in [5.41, 5.74) is 2.03. The highest BCUT2D eigenvalue weighted by Crippen LogP contribution is 2.24. The normalized spacial score (nSPS) is 20.6. The maximum Gasteiger partial charge on any atom is 0.317 e. The van der Waals surface area contributed by atoms with Crippen LogP contribution in [0.5, 0.6) is 0 Å². The molecule has 0 aliphatic heterocycles. The van der Waals surface area contributed by atoms with Gasteiger partial charge in [0.25, 0.3) is 0 Å². The van der Waals surface area contributed by atoms with E-state index in [9.17, 15) is 9.90 Å². The van der Waals surface area contributed by atoms with Crippen molar-refractivity contribution in [2.24, 2.45) is 5.92 Å². The van der Waals surface area contributed by atoms with E-state index in [-0.39, 0.29) is 18.1 Å². The fourth-order valence-electron chi connectivity index (χ4n) is 3.55. The number of fused-ring (bicyclic) bond motifs is 1. The molecule has 6 heteroatoms. The van der Waals surface area contributed by atoms with E-state index in [0.717, 1.165) is 55.4 Å². The van der Waals surface area contributed by atoms with Gasteiger partial charge in [-0.2, -0.15) is 0 Å². The number of aryl methyl sites for hydroxylation is 1. The van der Waals surface area contributed by atoms with Crippen molar-refractivity contribution < 1.29 is 9.90 Å². The van der Waals surface area contributed by atoms with Crippen LogP contribution in [0, 0.1) is 5.92 Å². The van der Waals surface area contributed by atoms with Crippen LogP contribution in [0.15, 0.2) is 24.3 Å². The van der Waals surface area contributed by atoms with Crippen molar-refractivity contribution in [3.63, 3.8) is 0 Å². The van der Waals surface area contributed by atoms with Gasteiger partial charge >= 0.3 is 6.03 Å². The van der Waals surface area contributed by atoms with Gasteiger partial charge < -0.3 is 20.3 Å². The maximum atomic E-state index is 12.2. The van der Waals surface area contributed by atoms with Gasteiger partial charge in [-0.15, -0.1) is 0 Å². The Bertz CT molecular complexity index is 667. The minimum Gasteiger partial charge on any atom is -0.393 e. The summed E-state index contributed by atoms with van der Waals surface area (Å²) in [6.07, 6.45) is 5.48. The number of aliphatic hydroxyl groups is 1. The number of nitrogens with one attached hydrogen (secondary N) is 2. The van der Waals surface area contributed by atoms with Gasteiger partial charge in [0, 0.05) is 32.5 Å². The van der Waals surface area contributed by atoms with Crippen LogP contribution in [-0.4, -0.2) is 52.2 Å². The van der Waals surface area contributed by atoms with E-state index < -0.39 is 0 Å². The summed E-state index contributed by atoms with van der Waals surface area (Å²) in [5.74, 6) is 1.16. The highest BCUT2D eigenvalue weighted by molar-refractivity contribution is 5.75. The van der Waals surface area contributed by atoms with Crippen molar-refractivity contribution in [3.05, 3.63) is 30.1 Å². The molecular formula is C19H28N4O2. The van der Waals surface area contributed by atoms with E-state index >= 15 is 0 Å². The quantitative estimate of drug-likeness (QED) is 0.705. The van der Waals surface area contributed by atoms with E-state index in [1.54, 1.807) is 11.9 Å². The van der Waals surface area contributed by atoms with Crippen LogP contribution in [-0.2, 0) is 6.42 Å². The molecule has 1 aliphatic carbocycles. The summed E-state index contributed by atoms with van der Waals surface area (Å²) in [4.78, 5) is 21.7. The van der Waals surface area contributed by atoms with Gasteiger partial charge in [0.05, 0.1) is 17.1 Å². The summed E-state index contributed by atoms with van der Waals surface area (Å²) in [6, 6.07) is 7.91. The number of rotatable bonds is 6. The molecule has 1 fully saturated rings. The first kappa shape index (κ1) is 17.7. The van der Waals surface area contributed by atoms with Crippen LogP contribution in [0.2, 0.25) is 0 Å². The lowest BCUT2D eigenvalue weighted by atomic mass is 9.86. The van der Waals surface area contributed by atoms with Crippen molar-refractivity contribution >= 4 is 17.1 Å². The highest BCUT2D eigenvalue weighted by atomic mass is 16.3. The molecule has 2 atom stereocenters. The van der Waals surface area contributed by atoms with Crippen LogP contribution in [0.4, 0.5) is 4.79 Å². The second kappa shape index (κ2) is 8.34. The lowest BCUT2D eigenvalue weighted by molar-refractivity contribution is 0.0565. The summed E-state index contributed by atoms with van der Waals surface area (Å²) in [5, 5.41) is 13.0. The smallest absolute Gasteiger partial charge is 0.317 e. The predicted molar refractivity (Wildman–Crippen MR) is 98.4 cm³/mol. The molecule has 1 aromatic heterocycles. The zero-order valence-corrected chi connectivity index (χ0v) is 14.9. The van der Waals surface area contributed by atoms with Crippen LogP contribution in [0.1, 0.15) is 37.9 Å². The molecule has 1 heterocycles. The molecule has 1 aromatic carbocycles. The molecule has 1 saturated carbocycles. The predicted octanol–water partition coefficient (Wildman–Crippen LogP) is 2.69. The van der Waals surface area contributed by atoms with Crippen LogP contribution < -0.4 is 5.32 Å². The third kappa shape index (κ3) is 4.72. The first-order chi connectivity index (χ1) is 12.1. The Morgan fingerprint density at radius 1 is 1.36 bits per heavy atom. The van der Waals surface area contributed by atoms with E-state index in [1.165, 1.54) is 0 Å². The van der Waals surface area contributed by atoms with Crippen LogP contribution >= 0.6 is 0 Å². The van der Waals surface area contributed by atoms with Gasteiger partial charge in [0.2, 0.25) is 0 Å². The van der Waals surface area contributed by atoms with Gasteiger partial charge in [-0.25, -0.2) is 9.78 Å². The Morgan fingerprint density at radius 3 is 2.96 bits per heavy atom. The van der Waals surface area contributed by atoms with Crippen LogP contribution in [0.25, 0.3) is 11.0 Å². The molecule has 0 saturated heterocycles. The van der Waals surface area contributed by atoms with Crippen molar-refractivity contribution in [2.75, 3.05) is 20.1 Å². The van der Waals surface area contributed by atoms with Gasteiger partial charge in [0.15, 0.2) is 0 Å². The van der Waals surface area contributed by atoms with Crippen LogP contribution in [0.3, 0.4) is 0 Å². The van der Waals surface area contributed by atoms with Gasteiger partial charge in [-0.05, 0) is 31.4 Å². The number of carbonyl (C=O) groups excluding carboxylic acids is 1. The molecule has 2 aromatic rings. The first-order valence-electron chi connectivity index (χ1n) is 9.24. The first-order valence-corrected chi connectivity index (χ1v) is 9.24. The second-order valence-corrected chi connectivity index (χ2v) is 7.03. The molecule has 0 bridgehead atoms. The number of imidazole rings is 1. The van der Waals surface area contributed by atoms with E-state index in [1.807, 2.05) is 24.3 Å². The summed E-state index contributed by atoms with van der Waals surface area (Å²) in [7, 11) is 1.80. The maximum absolute atomic E-state index is 12.2. The topological polar surface area (TPSA) is 81.2 Å². The summed E-state index contributed by atoms with van der Waals surface area (Å²) in [6.45, 7) is 1.24.